The molecule has 1 aliphatic rings. The van der Waals surface area contributed by atoms with E-state index in [-0.39, 0.29) is 11.8 Å². The summed E-state index contributed by atoms with van der Waals surface area (Å²) in [6, 6.07) is 21.3. The van der Waals surface area contributed by atoms with E-state index >= 15 is 0 Å². The van der Waals surface area contributed by atoms with E-state index in [0.717, 1.165) is 48.7 Å². The number of nitrogens with zero attached hydrogens (tertiary/aromatic N) is 6. The van der Waals surface area contributed by atoms with Crippen molar-refractivity contribution in [2.75, 3.05) is 23.3 Å². The summed E-state index contributed by atoms with van der Waals surface area (Å²) >= 11 is 0. The second-order valence-corrected chi connectivity index (χ2v) is 8.14. The van der Waals surface area contributed by atoms with Crippen molar-refractivity contribution in [3.8, 4) is 11.6 Å². The summed E-state index contributed by atoms with van der Waals surface area (Å²) < 4.78 is 7.38. The molecule has 0 saturated carbocycles. The molecule has 3 heterocycles. The summed E-state index contributed by atoms with van der Waals surface area (Å²) in [5.41, 5.74) is 1.89. The number of piperidine rings is 1. The first-order valence-electron chi connectivity index (χ1n) is 11.3. The third kappa shape index (κ3) is 5.20. The molecule has 1 fully saturated rings. The average molecular weight is 456 g/mol. The topological polar surface area (TPSA) is 98.1 Å². The maximum Gasteiger partial charge on any atom is 0.227 e. The van der Waals surface area contributed by atoms with Gasteiger partial charge in [-0.1, -0.05) is 30.3 Å². The van der Waals surface area contributed by atoms with E-state index < -0.39 is 0 Å². The molecule has 34 heavy (non-hydrogen) atoms. The van der Waals surface area contributed by atoms with E-state index in [9.17, 15) is 4.79 Å². The number of nitrogens with one attached hydrogen (secondary N) is 1. The fourth-order valence-electron chi connectivity index (χ4n) is 3.93. The highest BCUT2D eigenvalue weighted by molar-refractivity contribution is 5.92. The Labute approximate surface area is 197 Å². The van der Waals surface area contributed by atoms with E-state index in [1.165, 1.54) is 6.33 Å². The number of carbonyl (C=O) groups excluding carboxylic acids is 1. The number of hydrogen-bond acceptors (Lipinski definition) is 7. The van der Waals surface area contributed by atoms with Crippen molar-refractivity contribution < 1.29 is 9.53 Å². The molecule has 9 nitrogen and oxygen atoms in total. The zero-order valence-electron chi connectivity index (χ0n) is 18.6. The molecule has 172 valence electrons. The van der Waals surface area contributed by atoms with Gasteiger partial charge in [-0.25, -0.2) is 9.67 Å². The normalized spacial score (nSPS) is 14.1. The van der Waals surface area contributed by atoms with Gasteiger partial charge in [-0.3, -0.25) is 4.79 Å². The van der Waals surface area contributed by atoms with Crippen LogP contribution in [-0.4, -0.2) is 44.0 Å². The van der Waals surface area contributed by atoms with Crippen LogP contribution >= 0.6 is 0 Å². The minimum Gasteiger partial charge on any atom is -0.489 e. The SMILES string of the molecule is O=C(Nc1ccc(OCc2ccccc2)cc1)C1CCN(c2ccc(-n3cncn3)nn2)CC1. The Kier molecular flexibility index (Phi) is 6.42. The van der Waals surface area contributed by atoms with Crippen LogP contribution in [-0.2, 0) is 11.4 Å². The Hall–Kier alpha value is -4.27. The highest BCUT2D eigenvalue weighted by atomic mass is 16.5. The van der Waals surface area contributed by atoms with Gasteiger partial charge in [0.05, 0.1) is 0 Å². The van der Waals surface area contributed by atoms with Crippen molar-refractivity contribution >= 4 is 17.4 Å². The van der Waals surface area contributed by atoms with Gasteiger partial charge in [0.2, 0.25) is 5.91 Å². The lowest BCUT2D eigenvalue weighted by molar-refractivity contribution is -0.120. The molecule has 1 aliphatic heterocycles. The van der Waals surface area contributed by atoms with E-state index in [1.807, 2.05) is 66.7 Å². The van der Waals surface area contributed by atoms with Crippen LogP contribution in [0.3, 0.4) is 0 Å². The predicted molar refractivity (Wildman–Crippen MR) is 128 cm³/mol. The number of amides is 1. The first-order chi connectivity index (χ1) is 16.7. The van der Waals surface area contributed by atoms with Crippen LogP contribution in [0.15, 0.2) is 79.4 Å². The molecule has 2 aromatic carbocycles. The lowest BCUT2D eigenvalue weighted by atomic mass is 9.96. The summed E-state index contributed by atoms with van der Waals surface area (Å²) in [6.45, 7) is 2.02. The molecule has 0 atom stereocenters. The smallest absolute Gasteiger partial charge is 0.227 e. The third-order valence-electron chi connectivity index (χ3n) is 5.85. The van der Waals surface area contributed by atoms with Gasteiger partial charge in [0, 0.05) is 24.7 Å². The second kappa shape index (κ2) is 10.1. The van der Waals surface area contributed by atoms with Gasteiger partial charge in [-0.2, -0.15) is 5.10 Å². The Morgan fingerprint density at radius 1 is 0.941 bits per heavy atom. The predicted octanol–water partition coefficient (Wildman–Crippen LogP) is 3.49. The monoisotopic (exact) mass is 455 g/mol. The summed E-state index contributed by atoms with van der Waals surface area (Å²) in [5.74, 6) is 2.20. The van der Waals surface area contributed by atoms with Gasteiger partial charge in [0.1, 0.15) is 25.0 Å². The molecule has 0 bridgehead atoms. The van der Waals surface area contributed by atoms with E-state index in [4.69, 9.17) is 4.74 Å². The molecule has 9 heteroatoms. The lowest BCUT2D eigenvalue weighted by Gasteiger charge is -2.31. The molecule has 0 unspecified atom stereocenters. The maximum absolute atomic E-state index is 12.8. The number of hydrogen-bond donors (Lipinski definition) is 1. The fourth-order valence-corrected chi connectivity index (χ4v) is 3.93. The van der Waals surface area contributed by atoms with Gasteiger partial charge in [0.25, 0.3) is 0 Å². The summed E-state index contributed by atoms with van der Waals surface area (Å²) in [5, 5.41) is 15.6. The summed E-state index contributed by atoms with van der Waals surface area (Å²) in [6.07, 6.45) is 4.56. The van der Waals surface area contributed by atoms with Gasteiger partial charge in [-0.05, 0) is 54.8 Å². The van der Waals surface area contributed by atoms with Crippen molar-refractivity contribution in [3.05, 3.63) is 84.9 Å². The quantitative estimate of drug-likeness (QED) is 0.455. The Morgan fingerprint density at radius 3 is 2.35 bits per heavy atom. The van der Waals surface area contributed by atoms with Crippen molar-refractivity contribution in [2.24, 2.45) is 5.92 Å². The fraction of sp³-hybridized carbons (Fsp3) is 0.240. The molecular formula is C25H25N7O2. The Morgan fingerprint density at radius 2 is 1.68 bits per heavy atom. The number of rotatable bonds is 7. The minimum atomic E-state index is -0.0346. The zero-order chi connectivity index (χ0) is 23.2. The molecule has 0 radical (unpaired) electrons. The van der Waals surface area contributed by atoms with Gasteiger partial charge in [0.15, 0.2) is 11.6 Å². The van der Waals surface area contributed by atoms with Gasteiger partial charge < -0.3 is 15.0 Å². The first kappa shape index (κ1) is 21.6. The number of anilines is 2. The Balaban J connectivity index is 1.10. The first-order valence-corrected chi connectivity index (χ1v) is 11.3. The molecule has 0 spiro atoms. The van der Waals surface area contributed by atoms with Crippen molar-refractivity contribution in [1.82, 2.24) is 25.0 Å². The minimum absolute atomic E-state index is 0.0346. The van der Waals surface area contributed by atoms with Crippen LogP contribution in [0.5, 0.6) is 5.75 Å². The number of ether oxygens (including phenoxy) is 1. The second-order valence-electron chi connectivity index (χ2n) is 8.14. The maximum atomic E-state index is 12.8. The van der Waals surface area contributed by atoms with E-state index in [2.05, 4.69) is 30.5 Å². The lowest BCUT2D eigenvalue weighted by Crippen LogP contribution is -2.38. The molecule has 4 aromatic rings. The van der Waals surface area contributed by atoms with Crippen LogP contribution in [0.2, 0.25) is 0 Å². The number of aromatic nitrogens is 5. The third-order valence-corrected chi connectivity index (χ3v) is 5.85. The largest absolute Gasteiger partial charge is 0.489 e. The molecule has 1 amide bonds. The van der Waals surface area contributed by atoms with Gasteiger partial charge in [-0.15, -0.1) is 10.2 Å². The molecular weight excluding hydrogens is 430 g/mol. The Bertz CT molecular complexity index is 1190. The highest BCUT2D eigenvalue weighted by Gasteiger charge is 2.26. The number of benzene rings is 2. The van der Waals surface area contributed by atoms with Crippen LogP contribution in [0, 0.1) is 5.92 Å². The van der Waals surface area contributed by atoms with Crippen molar-refractivity contribution in [1.29, 1.82) is 0 Å². The molecule has 1 saturated heterocycles. The molecule has 2 aromatic heterocycles. The van der Waals surface area contributed by atoms with E-state index in [0.29, 0.717) is 12.4 Å². The van der Waals surface area contributed by atoms with E-state index in [1.54, 1.807) is 11.0 Å². The molecule has 5 rings (SSSR count). The summed E-state index contributed by atoms with van der Waals surface area (Å²) in [7, 11) is 0. The van der Waals surface area contributed by atoms with Gasteiger partial charge >= 0.3 is 0 Å². The standard InChI is InChI=1S/C25H25N7O2/c33-25(28-21-6-8-22(9-7-21)34-16-19-4-2-1-3-5-19)20-12-14-31(15-13-20)23-10-11-24(30-29-23)32-18-26-17-27-32/h1-11,17-18,20H,12-16H2,(H,28,33). The van der Waals surface area contributed by atoms with Crippen LogP contribution in [0.25, 0.3) is 5.82 Å². The molecule has 0 aliphatic carbocycles. The van der Waals surface area contributed by atoms with Crippen LogP contribution in [0.4, 0.5) is 11.5 Å². The summed E-state index contributed by atoms with van der Waals surface area (Å²) in [4.78, 5) is 18.9. The highest BCUT2D eigenvalue weighted by Crippen LogP contribution is 2.24. The molecule has 1 N–H and O–H groups in total. The van der Waals surface area contributed by atoms with Crippen LogP contribution < -0.4 is 15.0 Å². The van der Waals surface area contributed by atoms with Crippen molar-refractivity contribution in [2.45, 2.75) is 19.4 Å². The number of carbonyl (C=O) groups is 1. The average Bonchev–Trinajstić information content (AvgIpc) is 3.44. The van der Waals surface area contributed by atoms with Crippen LogP contribution in [0.1, 0.15) is 18.4 Å². The van der Waals surface area contributed by atoms with Crippen molar-refractivity contribution in [3.63, 3.8) is 0 Å². The zero-order valence-corrected chi connectivity index (χ0v) is 18.6.